The summed E-state index contributed by atoms with van der Waals surface area (Å²) < 4.78 is 18.6. The molecule has 0 radical (unpaired) electrons. The van der Waals surface area contributed by atoms with Gasteiger partial charge in [-0.1, -0.05) is 12.1 Å². The third kappa shape index (κ3) is 2.58. The third-order valence-corrected chi connectivity index (χ3v) is 3.26. The van der Waals surface area contributed by atoms with E-state index in [1.807, 2.05) is 12.4 Å². The van der Waals surface area contributed by atoms with Crippen molar-refractivity contribution in [2.45, 2.75) is 13.3 Å². The first-order chi connectivity index (χ1) is 7.77. The highest BCUT2D eigenvalue weighted by molar-refractivity contribution is 7.09. The predicted octanol–water partition coefficient (Wildman–Crippen LogP) is 3.21. The summed E-state index contributed by atoms with van der Waals surface area (Å²) in [4.78, 5) is 5.34. The number of aryl methyl sites for hydroxylation is 1. The summed E-state index contributed by atoms with van der Waals surface area (Å²) in [6.07, 6.45) is 0.769. The Morgan fingerprint density at radius 3 is 2.88 bits per heavy atom. The van der Waals surface area contributed by atoms with Gasteiger partial charge in [0.25, 0.3) is 0 Å². The number of ether oxygens (including phenoxy) is 1. The highest BCUT2D eigenvalue weighted by atomic mass is 32.1. The second-order valence-electron chi connectivity index (χ2n) is 3.39. The molecule has 0 saturated heterocycles. The van der Waals surface area contributed by atoms with Gasteiger partial charge in [0.05, 0.1) is 17.8 Å². The van der Waals surface area contributed by atoms with Crippen molar-refractivity contribution in [1.82, 2.24) is 4.98 Å². The maximum absolute atomic E-state index is 13.2. The first kappa shape index (κ1) is 11.1. The van der Waals surface area contributed by atoms with Crippen molar-refractivity contribution < 1.29 is 9.13 Å². The Kier molecular flexibility index (Phi) is 3.51. The van der Waals surface area contributed by atoms with Crippen molar-refractivity contribution in [1.29, 1.82) is 0 Å². The number of thiazole rings is 1. The topological polar surface area (TPSA) is 22.1 Å². The molecule has 0 unspecified atom stereocenters. The Morgan fingerprint density at radius 2 is 2.19 bits per heavy atom. The lowest BCUT2D eigenvalue weighted by Gasteiger charge is -2.05. The fourth-order valence-corrected chi connectivity index (χ4v) is 2.14. The molecule has 0 atom stereocenters. The standard InChI is InChI=1S/C12H12FNOS/c1-9-12(16-8-14-9)6-7-15-11-5-3-2-4-10(11)13/h2-5,8H,6-7H2,1H3. The van der Waals surface area contributed by atoms with Gasteiger partial charge >= 0.3 is 0 Å². The molecular formula is C12H12FNOS. The lowest BCUT2D eigenvalue weighted by atomic mass is 10.3. The number of halogens is 1. The van der Waals surface area contributed by atoms with Crippen molar-refractivity contribution >= 4 is 11.3 Å². The fraction of sp³-hybridized carbons (Fsp3) is 0.250. The van der Waals surface area contributed by atoms with Crippen LogP contribution in [0.2, 0.25) is 0 Å². The normalized spacial score (nSPS) is 10.4. The van der Waals surface area contributed by atoms with Gasteiger partial charge in [-0.2, -0.15) is 0 Å². The van der Waals surface area contributed by atoms with Crippen LogP contribution in [0.3, 0.4) is 0 Å². The summed E-state index contributed by atoms with van der Waals surface area (Å²) in [5.41, 5.74) is 2.84. The molecule has 0 N–H and O–H groups in total. The summed E-state index contributed by atoms with van der Waals surface area (Å²) in [5.74, 6) is -0.00630. The Balaban J connectivity index is 1.89. The van der Waals surface area contributed by atoms with Crippen LogP contribution >= 0.6 is 11.3 Å². The second kappa shape index (κ2) is 5.07. The molecule has 0 aliphatic heterocycles. The van der Waals surface area contributed by atoms with Crippen LogP contribution in [0.25, 0.3) is 0 Å². The van der Waals surface area contributed by atoms with Gasteiger partial charge in [-0.05, 0) is 19.1 Å². The van der Waals surface area contributed by atoms with Gasteiger partial charge in [-0.15, -0.1) is 11.3 Å². The minimum Gasteiger partial charge on any atom is -0.490 e. The molecule has 4 heteroatoms. The molecule has 2 nitrogen and oxygen atoms in total. The lowest BCUT2D eigenvalue weighted by molar-refractivity contribution is 0.306. The van der Waals surface area contributed by atoms with E-state index in [0.29, 0.717) is 12.4 Å². The monoisotopic (exact) mass is 237 g/mol. The largest absolute Gasteiger partial charge is 0.490 e. The maximum Gasteiger partial charge on any atom is 0.165 e. The molecule has 2 aromatic rings. The molecular weight excluding hydrogens is 225 g/mol. The predicted molar refractivity (Wildman–Crippen MR) is 62.5 cm³/mol. The number of rotatable bonds is 4. The molecule has 0 spiro atoms. The number of para-hydroxylation sites is 1. The van der Waals surface area contributed by atoms with Crippen molar-refractivity contribution in [3.63, 3.8) is 0 Å². The molecule has 0 aliphatic rings. The van der Waals surface area contributed by atoms with Crippen LogP contribution < -0.4 is 4.74 Å². The number of nitrogens with zero attached hydrogens (tertiary/aromatic N) is 1. The van der Waals surface area contributed by atoms with Gasteiger partial charge in [-0.25, -0.2) is 9.37 Å². The van der Waals surface area contributed by atoms with Gasteiger partial charge in [-0.3, -0.25) is 0 Å². The quantitative estimate of drug-likeness (QED) is 0.814. The summed E-state index contributed by atoms with van der Waals surface area (Å²) in [6.45, 7) is 2.44. The molecule has 16 heavy (non-hydrogen) atoms. The number of hydrogen-bond acceptors (Lipinski definition) is 3. The van der Waals surface area contributed by atoms with Gasteiger partial charge in [0.1, 0.15) is 0 Å². The van der Waals surface area contributed by atoms with E-state index in [1.54, 1.807) is 29.5 Å². The Morgan fingerprint density at radius 1 is 1.38 bits per heavy atom. The average Bonchev–Trinajstić information content (AvgIpc) is 2.67. The molecule has 1 aromatic carbocycles. The summed E-state index contributed by atoms with van der Waals surface area (Å²) in [5, 5.41) is 0. The van der Waals surface area contributed by atoms with Gasteiger partial charge in [0, 0.05) is 11.3 Å². The number of benzene rings is 1. The Bertz CT molecular complexity index is 470. The van der Waals surface area contributed by atoms with Crippen LogP contribution in [0.4, 0.5) is 4.39 Å². The van der Waals surface area contributed by atoms with E-state index in [9.17, 15) is 4.39 Å². The van der Waals surface area contributed by atoms with Crippen LogP contribution in [0.1, 0.15) is 10.6 Å². The van der Waals surface area contributed by atoms with E-state index >= 15 is 0 Å². The summed E-state index contributed by atoms with van der Waals surface area (Å²) >= 11 is 1.60. The first-order valence-electron chi connectivity index (χ1n) is 5.03. The average molecular weight is 237 g/mol. The van der Waals surface area contributed by atoms with E-state index < -0.39 is 0 Å². The highest BCUT2D eigenvalue weighted by Gasteiger charge is 2.04. The second-order valence-corrected chi connectivity index (χ2v) is 4.33. The van der Waals surface area contributed by atoms with E-state index in [-0.39, 0.29) is 5.82 Å². The zero-order valence-electron chi connectivity index (χ0n) is 8.94. The minimum absolute atomic E-state index is 0.310. The third-order valence-electron chi connectivity index (χ3n) is 2.27. The Hall–Kier alpha value is -1.42. The van der Waals surface area contributed by atoms with Crippen LogP contribution in [-0.4, -0.2) is 11.6 Å². The molecule has 0 fully saturated rings. The zero-order valence-corrected chi connectivity index (χ0v) is 9.76. The van der Waals surface area contributed by atoms with Crippen molar-refractivity contribution in [3.8, 4) is 5.75 Å². The first-order valence-corrected chi connectivity index (χ1v) is 5.91. The lowest BCUT2D eigenvalue weighted by Crippen LogP contribution is -2.02. The zero-order chi connectivity index (χ0) is 11.4. The maximum atomic E-state index is 13.2. The van der Waals surface area contributed by atoms with Crippen LogP contribution in [-0.2, 0) is 6.42 Å². The van der Waals surface area contributed by atoms with E-state index in [1.165, 1.54) is 10.9 Å². The van der Waals surface area contributed by atoms with Crippen LogP contribution in [0.5, 0.6) is 5.75 Å². The van der Waals surface area contributed by atoms with E-state index in [4.69, 9.17) is 4.74 Å². The van der Waals surface area contributed by atoms with Crippen molar-refractivity contribution in [2.75, 3.05) is 6.61 Å². The van der Waals surface area contributed by atoms with Gasteiger partial charge < -0.3 is 4.74 Å². The number of aromatic nitrogens is 1. The highest BCUT2D eigenvalue weighted by Crippen LogP contribution is 2.17. The molecule has 0 amide bonds. The summed E-state index contributed by atoms with van der Waals surface area (Å²) in [6, 6.07) is 6.44. The molecule has 84 valence electrons. The van der Waals surface area contributed by atoms with Crippen molar-refractivity contribution in [3.05, 3.63) is 46.2 Å². The van der Waals surface area contributed by atoms with E-state index in [2.05, 4.69) is 4.98 Å². The smallest absolute Gasteiger partial charge is 0.165 e. The SMILES string of the molecule is Cc1ncsc1CCOc1ccccc1F. The summed E-state index contributed by atoms with van der Waals surface area (Å²) in [7, 11) is 0. The molecule has 2 rings (SSSR count). The minimum atomic E-state index is -0.316. The van der Waals surface area contributed by atoms with Gasteiger partial charge in [0.2, 0.25) is 0 Å². The van der Waals surface area contributed by atoms with Gasteiger partial charge in [0.15, 0.2) is 11.6 Å². The van der Waals surface area contributed by atoms with E-state index in [0.717, 1.165) is 12.1 Å². The molecule has 0 aliphatic carbocycles. The van der Waals surface area contributed by atoms with Crippen molar-refractivity contribution in [2.24, 2.45) is 0 Å². The molecule has 0 saturated carbocycles. The fourth-order valence-electron chi connectivity index (χ4n) is 1.38. The molecule has 1 heterocycles. The molecule has 0 bridgehead atoms. The van der Waals surface area contributed by atoms with Crippen LogP contribution in [0.15, 0.2) is 29.8 Å². The molecule has 1 aromatic heterocycles. The Labute approximate surface area is 97.7 Å². The van der Waals surface area contributed by atoms with Crippen LogP contribution in [0, 0.1) is 12.7 Å². The number of hydrogen-bond donors (Lipinski definition) is 0.